The SMILES string of the molecule is CCCCCCCC/C=C\CCCCCCCCOP(=O)(CCCCCCCC/C=C\CCCCCCCC)OCC. The average molecular weight is 611 g/mol. The van der Waals surface area contributed by atoms with Crippen LogP contribution in [-0.4, -0.2) is 19.4 Å². The molecule has 0 aliphatic rings. The van der Waals surface area contributed by atoms with E-state index in [0.717, 1.165) is 25.7 Å². The smallest absolute Gasteiger partial charge is 0.309 e. The van der Waals surface area contributed by atoms with Gasteiger partial charge in [-0.15, -0.1) is 0 Å². The summed E-state index contributed by atoms with van der Waals surface area (Å²) in [6, 6.07) is 0. The second-order valence-corrected chi connectivity index (χ2v) is 14.6. The zero-order chi connectivity index (χ0) is 30.7. The lowest BCUT2D eigenvalue weighted by molar-refractivity contribution is 0.207. The first-order chi connectivity index (χ1) is 20.7. The molecule has 0 N–H and O–H groups in total. The third-order valence-corrected chi connectivity index (χ3v) is 10.3. The minimum atomic E-state index is -2.91. The highest BCUT2D eigenvalue weighted by Gasteiger charge is 2.23. The van der Waals surface area contributed by atoms with Gasteiger partial charge < -0.3 is 9.05 Å². The van der Waals surface area contributed by atoms with Crippen LogP contribution in [0.4, 0.5) is 0 Å². The highest BCUT2D eigenvalue weighted by atomic mass is 31.2. The van der Waals surface area contributed by atoms with E-state index < -0.39 is 7.60 Å². The molecule has 0 spiro atoms. The lowest BCUT2D eigenvalue weighted by Crippen LogP contribution is -2.02. The normalized spacial score (nSPS) is 13.5. The Kier molecular flexibility index (Phi) is 34.8. The van der Waals surface area contributed by atoms with Crippen LogP contribution in [0.3, 0.4) is 0 Å². The summed E-state index contributed by atoms with van der Waals surface area (Å²) in [7, 11) is -2.91. The molecule has 0 fully saturated rings. The van der Waals surface area contributed by atoms with Crippen LogP contribution in [-0.2, 0) is 13.6 Å². The number of hydrogen-bond donors (Lipinski definition) is 0. The Morgan fingerprint density at radius 3 is 1.12 bits per heavy atom. The van der Waals surface area contributed by atoms with Gasteiger partial charge >= 0.3 is 7.60 Å². The molecule has 0 radical (unpaired) electrons. The van der Waals surface area contributed by atoms with Gasteiger partial charge in [-0.3, -0.25) is 4.57 Å². The van der Waals surface area contributed by atoms with Gasteiger partial charge in [0.1, 0.15) is 0 Å². The molecule has 4 heteroatoms. The van der Waals surface area contributed by atoms with Gasteiger partial charge in [-0.1, -0.05) is 154 Å². The quantitative estimate of drug-likeness (QED) is 0.0407. The van der Waals surface area contributed by atoms with Gasteiger partial charge in [0.25, 0.3) is 0 Å². The van der Waals surface area contributed by atoms with Crippen molar-refractivity contribution in [2.24, 2.45) is 0 Å². The van der Waals surface area contributed by atoms with Crippen LogP contribution < -0.4 is 0 Å². The van der Waals surface area contributed by atoms with E-state index in [-0.39, 0.29) is 0 Å². The third kappa shape index (κ3) is 32.5. The second kappa shape index (κ2) is 35.1. The maximum Gasteiger partial charge on any atom is 0.330 e. The largest absolute Gasteiger partial charge is 0.330 e. The summed E-state index contributed by atoms with van der Waals surface area (Å²) < 4.78 is 24.5. The molecule has 0 aliphatic carbocycles. The zero-order valence-electron chi connectivity index (χ0n) is 28.9. The standard InChI is InChI=1S/C38H75O3P/c1-4-7-9-11-13-15-17-19-21-23-25-27-29-31-33-35-37-41-42(39,40-6-3)38-36-34-32-30-28-26-24-22-20-18-16-14-12-10-8-5-2/h19-22H,4-18,23-38H2,1-3H3/b21-19-,22-20-. The van der Waals surface area contributed by atoms with E-state index in [0.29, 0.717) is 19.4 Å². The van der Waals surface area contributed by atoms with Crippen LogP contribution in [0.1, 0.15) is 201 Å². The van der Waals surface area contributed by atoms with Crippen molar-refractivity contribution in [2.75, 3.05) is 19.4 Å². The molecule has 42 heavy (non-hydrogen) atoms. The minimum absolute atomic E-state index is 0.469. The Hall–Kier alpha value is -0.370. The third-order valence-electron chi connectivity index (χ3n) is 8.21. The lowest BCUT2D eigenvalue weighted by atomic mass is 10.1. The van der Waals surface area contributed by atoms with Crippen LogP contribution >= 0.6 is 7.60 Å². The first kappa shape index (κ1) is 41.6. The maximum atomic E-state index is 13.1. The summed E-state index contributed by atoms with van der Waals surface area (Å²) in [5.74, 6) is 0. The second-order valence-electron chi connectivity index (χ2n) is 12.5. The molecule has 0 heterocycles. The van der Waals surface area contributed by atoms with Crippen molar-refractivity contribution in [3.05, 3.63) is 24.3 Å². The number of unbranched alkanes of at least 4 members (excludes halogenated alkanes) is 24. The number of allylic oxidation sites excluding steroid dienone is 4. The first-order valence-corrected chi connectivity index (χ1v) is 20.6. The van der Waals surface area contributed by atoms with Gasteiger partial charge in [0.05, 0.1) is 19.4 Å². The van der Waals surface area contributed by atoms with Gasteiger partial charge in [0.2, 0.25) is 0 Å². The van der Waals surface area contributed by atoms with Gasteiger partial charge in [-0.05, 0) is 71.1 Å². The van der Waals surface area contributed by atoms with Crippen molar-refractivity contribution in [1.29, 1.82) is 0 Å². The fourth-order valence-electron chi connectivity index (χ4n) is 5.47. The Labute approximate surface area is 265 Å². The predicted octanol–water partition coefficient (Wildman–Crippen LogP) is 14.3. The van der Waals surface area contributed by atoms with E-state index in [4.69, 9.17) is 9.05 Å². The Morgan fingerprint density at radius 2 is 0.738 bits per heavy atom. The topological polar surface area (TPSA) is 35.5 Å². The summed E-state index contributed by atoms with van der Waals surface area (Å²) in [6.45, 7) is 7.52. The fraction of sp³-hybridized carbons (Fsp3) is 0.895. The molecule has 0 aromatic heterocycles. The fourth-order valence-corrected chi connectivity index (χ4v) is 7.21. The summed E-state index contributed by atoms with van der Waals surface area (Å²) in [5.41, 5.74) is 0. The van der Waals surface area contributed by atoms with Crippen LogP contribution in [0.25, 0.3) is 0 Å². The van der Waals surface area contributed by atoms with Crippen molar-refractivity contribution >= 4 is 7.60 Å². The number of hydrogen-bond acceptors (Lipinski definition) is 3. The van der Waals surface area contributed by atoms with Gasteiger partial charge in [-0.2, -0.15) is 0 Å². The molecule has 0 rings (SSSR count). The molecule has 3 nitrogen and oxygen atoms in total. The zero-order valence-corrected chi connectivity index (χ0v) is 29.8. The molecule has 0 bridgehead atoms. The van der Waals surface area contributed by atoms with E-state index in [1.54, 1.807) is 0 Å². The predicted molar refractivity (Wildman–Crippen MR) is 189 cm³/mol. The van der Waals surface area contributed by atoms with E-state index in [9.17, 15) is 4.57 Å². The van der Waals surface area contributed by atoms with Crippen molar-refractivity contribution in [1.82, 2.24) is 0 Å². The maximum absolute atomic E-state index is 13.1. The van der Waals surface area contributed by atoms with Crippen molar-refractivity contribution in [2.45, 2.75) is 201 Å². The molecule has 1 unspecified atom stereocenters. The Balaban J connectivity index is 3.58. The molecule has 0 aromatic rings. The van der Waals surface area contributed by atoms with E-state index in [1.165, 1.54) is 154 Å². The molecule has 0 amide bonds. The molecule has 0 aromatic carbocycles. The van der Waals surface area contributed by atoms with E-state index >= 15 is 0 Å². The van der Waals surface area contributed by atoms with Gasteiger partial charge in [0.15, 0.2) is 0 Å². The summed E-state index contributed by atoms with van der Waals surface area (Å²) in [6.07, 6.45) is 46.2. The van der Waals surface area contributed by atoms with Crippen LogP contribution in [0.15, 0.2) is 24.3 Å². The Bertz CT molecular complexity index is 615. The number of rotatable bonds is 35. The molecule has 0 aliphatic heterocycles. The minimum Gasteiger partial charge on any atom is -0.309 e. The van der Waals surface area contributed by atoms with E-state index in [1.807, 2.05) is 6.92 Å². The van der Waals surface area contributed by atoms with Gasteiger partial charge in [-0.25, -0.2) is 0 Å². The first-order valence-electron chi connectivity index (χ1n) is 18.9. The van der Waals surface area contributed by atoms with E-state index in [2.05, 4.69) is 38.2 Å². The molecular weight excluding hydrogens is 535 g/mol. The summed E-state index contributed by atoms with van der Waals surface area (Å²) in [4.78, 5) is 0. The molecule has 1 atom stereocenters. The van der Waals surface area contributed by atoms with Crippen LogP contribution in [0.2, 0.25) is 0 Å². The lowest BCUT2D eigenvalue weighted by Gasteiger charge is -2.17. The Morgan fingerprint density at radius 1 is 0.405 bits per heavy atom. The summed E-state index contributed by atoms with van der Waals surface area (Å²) in [5, 5.41) is 0. The van der Waals surface area contributed by atoms with Gasteiger partial charge in [0, 0.05) is 0 Å². The van der Waals surface area contributed by atoms with Crippen LogP contribution in [0.5, 0.6) is 0 Å². The van der Waals surface area contributed by atoms with Crippen molar-refractivity contribution < 1.29 is 13.6 Å². The summed E-state index contributed by atoms with van der Waals surface area (Å²) >= 11 is 0. The highest BCUT2D eigenvalue weighted by molar-refractivity contribution is 7.53. The van der Waals surface area contributed by atoms with Crippen molar-refractivity contribution in [3.8, 4) is 0 Å². The molecule has 0 saturated carbocycles. The average Bonchev–Trinajstić information content (AvgIpc) is 2.98. The van der Waals surface area contributed by atoms with Crippen LogP contribution in [0, 0.1) is 0 Å². The molecular formula is C38H75O3P. The molecule has 0 saturated heterocycles. The van der Waals surface area contributed by atoms with Crippen molar-refractivity contribution in [3.63, 3.8) is 0 Å². The molecule has 250 valence electrons. The highest BCUT2D eigenvalue weighted by Crippen LogP contribution is 2.49. The monoisotopic (exact) mass is 611 g/mol.